The molecule has 30 heavy (non-hydrogen) atoms. The van der Waals surface area contributed by atoms with Crippen molar-refractivity contribution in [3.05, 3.63) is 55.9 Å². The summed E-state index contributed by atoms with van der Waals surface area (Å²) >= 11 is 1.39. The largest absolute Gasteiger partial charge is 0.376 e. The first kappa shape index (κ1) is 20.5. The minimum Gasteiger partial charge on any atom is -0.376 e. The van der Waals surface area contributed by atoms with Crippen molar-refractivity contribution < 1.29 is 19.2 Å². The molecule has 0 saturated carbocycles. The van der Waals surface area contributed by atoms with Gasteiger partial charge in [-0.3, -0.25) is 19.7 Å². The number of amides is 2. The van der Waals surface area contributed by atoms with Crippen LogP contribution in [0.4, 0.5) is 10.7 Å². The van der Waals surface area contributed by atoms with E-state index in [-0.39, 0.29) is 23.3 Å². The third-order valence-electron chi connectivity index (χ3n) is 5.49. The molecule has 1 saturated heterocycles. The van der Waals surface area contributed by atoms with Gasteiger partial charge in [0, 0.05) is 24.1 Å². The smallest absolute Gasteiger partial charge is 0.282 e. The maximum absolute atomic E-state index is 13.0. The second-order valence-electron chi connectivity index (χ2n) is 7.49. The van der Waals surface area contributed by atoms with Crippen LogP contribution >= 0.6 is 11.3 Å². The van der Waals surface area contributed by atoms with Crippen LogP contribution in [-0.4, -0.2) is 36.0 Å². The maximum atomic E-state index is 13.0. The summed E-state index contributed by atoms with van der Waals surface area (Å²) in [5.74, 6) is -0.822. The number of carbonyl (C=O) groups excluding carboxylic acids is 2. The molecule has 1 unspecified atom stereocenters. The number of nitrogens with one attached hydrogen (secondary N) is 2. The average Bonchev–Trinajstić information content (AvgIpc) is 3.39. The van der Waals surface area contributed by atoms with Crippen molar-refractivity contribution in [1.29, 1.82) is 0 Å². The fourth-order valence-corrected chi connectivity index (χ4v) is 5.27. The lowest BCUT2D eigenvalue weighted by Crippen LogP contribution is -2.32. The molecule has 1 aromatic heterocycles. The van der Waals surface area contributed by atoms with E-state index in [0.29, 0.717) is 23.7 Å². The number of para-hydroxylation sites is 1. The molecule has 0 radical (unpaired) electrons. The topological polar surface area (TPSA) is 111 Å². The summed E-state index contributed by atoms with van der Waals surface area (Å²) in [4.78, 5) is 37.7. The predicted molar refractivity (Wildman–Crippen MR) is 113 cm³/mol. The Morgan fingerprint density at radius 3 is 2.73 bits per heavy atom. The Bertz CT molecular complexity index is 981. The number of hydrogen-bond acceptors (Lipinski definition) is 6. The summed E-state index contributed by atoms with van der Waals surface area (Å²) < 4.78 is 5.58. The van der Waals surface area contributed by atoms with Gasteiger partial charge in [-0.2, -0.15) is 0 Å². The van der Waals surface area contributed by atoms with Crippen LogP contribution in [0.2, 0.25) is 0 Å². The van der Waals surface area contributed by atoms with E-state index >= 15 is 0 Å². The highest BCUT2D eigenvalue weighted by atomic mass is 32.1. The molecule has 1 aliphatic carbocycles. The number of ether oxygens (including phenoxy) is 1. The van der Waals surface area contributed by atoms with Crippen LogP contribution in [0.5, 0.6) is 0 Å². The van der Waals surface area contributed by atoms with E-state index in [2.05, 4.69) is 10.6 Å². The van der Waals surface area contributed by atoms with Gasteiger partial charge < -0.3 is 15.4 Å². The third-order valence-corrected chi connectivity index (χ3v) is 6.69. The Labute approximate surface area is 177 Å². The first-order chi connectivity index (χ1) is 14.5. The molecule has 2 aromatic rings. The van der Waals surface area contributed by atoms with Crippen molar-refractivity contribution in [2.75, 3.05) is 18.5 Å². The van der Waals surface area contributed by atoms with Crippen molar-refractivity contribution in [3.63, 3.8) is 0 Å². The number of anilines is 1. The molecular weight excluding hydrogens is 406 g/mol. The molecule has 0 bridgehead atoms. The second kappa shape index (κ2) is 8.93. The van der Waals surface area contributed by atoms with E-state index in [0.717, 1.165) is 49.0 Å². The monoisotopic (exact) mass is 429 g/mol. The SMILES string of the molecule is O=C(Nc1sc2c(c1C(=O)NCC1CCCO1)CCCC2)c1ccccc1[N+](=O)[O-]. The zero-order valence-corrected chi connectivity index (χ0v) is 17.3. The van der Waals surface area contributed by atoms with Gasteiger partial charge in [0.15, 0.2) is 0 Å². The highest BCUT2D eigenvalue weighted by Gasteiger charge is 2.28. The summed E-state index contributed by atoms with van der Waals surface area (Å²) in [7, 11) is 0. The van der Waals surface area contributed by atoms with E-state index in [1.165, 1.54) is 29.5 Å². The normalized spacial score (nSPS) is 17.9. The van der Waals surface area contributed by atoms with Crippen molar-refractivity contribution in [1.82, 2.24) is 5.32 Å². The van der Waals surface area contributed by atoms with Gasteiger partial charge in [-0.05, 0) is 50.2 Å². The number of nitro benzene ring substituents is 1. The minimum atomic E-state index is -0.589. The Morgan fingerprint density at radius 1 is 1.17 bits per heavy atom. The Hall–Kier alpha value is -2.78. The van der Waals surface area contributed by atoms with Gasteiger partial charge in [0.05, 0.1) is 16.6 Å². The quantitative estimate of drug-likeness (QED) is 0.537. The van der Waals surface area contributed by atoms with Gasteiger partial charge in [-0.25, -0.2) is 0 Å². The number of thiophene rings is 1. The van der Waals surface area contributed by atoms with Crippen LogP contribution in [0, 0.1) is 10.1 Å². The molecule has 9 heteroatoms. The van der Waals surface area contributed by atoms with Gasteiger partial charge in [0.1, 0.15) is 10.6 Å². The van der Waals surface area contributed by atoms with Crippen LogP contribution in [0.15, 0.2) is 24.3 Å². The van der Waals surface area contributed by atoms with E-state index in [1.807, 2.05) is 0 Å². The summed E-state index contributed by atoms with van der Waals surface area (Å²) in [6, 6.07) is 5.81. The number of hydrogen-bond donors (Lipinski definition) is 2. The van der Waals surface area contributed by atoms with Crippen molar-refractivity contribution >= 4 is 33.8 Å². The number of fused-ring (bicyclic) bond motifs is 1. The fraction of sp³-hybridized carbons (Fsp3) is 0.429. The molecular formula is C21H23N3O5S. The third kappa shape index (κ3) is 4.22. The number of nitrogens with zero attached hydrogens (tertiary/aromatic N) is 1. The van der Waals surface area contributed by atoms with Crippen LogP contribution in [0.1, 0.15) is 56.8 Å². The van der Waals surface area contributed by atoms with Crippen LogP contribution in [-0.2, 0) is 17.6 Å². The highest BCUT2D eigenvalue weighted by Crippen LogP contribution is 2.38. The van der Waals surface area contributed by atoms with E-state index in [9.17, 15) is 19.7 Å². The van der Waals surface area contributed by atoms with Crippen LogP contribution < -0.4 is 10.6 Å². The van der Waals surface area contributed by atoms with Gasteiger partial charge in [-0.1, -0.05) is 12.1 Å². The Kier molecular flexibility index (Phi) is 6.10. The first-order valence-electron chi connectivity index (χ1n) is 10.1. The van der Waals surface area contributed by atoms with Gasteiger partial charge in [0.25, 0.3) is 17.5 Å². The molecule has 1 atom stereocenters. The van der Waals surface area contributed by atoms with E-state index in [4.69, 9.17) is 4.74 Å². The molecule has 1 aromatic carbocycles. The predicted octanol–water partition coefficient (Wildman–Crippen LogP) is 3.70. The molecule has 1 aliphatic heterocycles. The van der Waals surface area contributed by atoms with Gasteiger partial charge in [0.2, 0.25) is 0 Å². The van der Waals surface area contributed by atoms with Gasteiger partial charge >= 0.3 is 0 Å². The number of carbonyl (C=O) groups is 2. The average molecular weight is 429 g/mol. The number of rotatable bonds is 6. The molecule has 2 N–H and O–H groups in total. The van der Waals surface area contributed by atoms with Gasteiger partial charge in [-0.15, -0.1) is 11.3 Å². The Morgan fingerprint density at radius 2 is 1.97 bits per heavy atom. The molecule has 1 fully saturated rings. The van der Waals surface area contributed by atoms with Crippen molar-refractivity contribution in [2.24, 2.45) is 0 Å². The van der Waals surface area contributed by atoms with Crippen LogP contribution in [0.25, 0.3) is 0 Å². The molecule has 0 spiro atoms. The fourth-order valence-electron chi connectivity index (χ4n) is 3.99. The van der Waals surface area contributed by atoms with E-state index in [1.54, 1.807) is 6.07 Å². The summed E-state index contributed by atoms with van der Waals surface area (Å²) in [5.41, 5.74) is 1.17. The molecule has 2 aliphatic rings. The number of nitro groups is 1. The molecule has 158 valence electrons. The number of benzene rings is 1. The standard InChI is InChI=1S/C21H23N3O5S/c25-19(14-7-1-3-9-16(14)24(27)28)23-21-18(15-8-2-4-10-17(15)30-21)20(26)22-12-13-6-5-11-29-13/h1,3,7,9,13H,2,4-6,8,10-12H2,(H,22,26)(H,23,25). The zero-order chi connectivity index (χ0) is 21.1. The van der Waals surface area contributed by atoms with E-state index < -0.39 is 10.8 Å². The lowest BCUT2D eigenvalue weighted by molar-refractivity contribution is -0.385. The molecule has 8 nitrogen and oxygen atoms in total. The number of aryl methyl sites for hydroxylation is 1. The second-order valence-corrected chi connectivity index (χ2v) is 8.59. The molecule has 2 amide bonds. The first-order valence-corrected chi connectivity index (χ1v) is 11.0. The lowest BCUT2D eigenvalue weighted by atomic mass is 9.95. The zero-order valence-electron chi connectivity index (χ0n) is 16.4. The van der Waals surface area contributed by atoms with Crippen molar-refractivity contribution in [3.8, 4) is 0 Å². The lowest BCUT2D eigenvalue weighted by Gasteiger charge is -2.15. The van der Waals surface area contributed by atoms with Crippen LogP contribution in [0.3, 0.4) is 0 Å². The maximum Gasteiger partial charge on any atom is 0.282 e. The summed E-state index contributed by atoms with van der Waals surface area (Å²) in [6.45, 7) is 1.15. The Balaban J connectivity index is 1.59. The molecule has 4 rings (SSSR count). The summed E-state index contributed by atoms with van der Waals surface area (Å²) in [6.07, 6.45) is 5.63. The summed E-state index contributed by atoms with van der Waals surface area (Å²) in [5, 5.41) is 17.4. The highest BCUT2D eigenvalue weighted by molar-refractivity contribution is 7.17. The molecule has 2 heterocycles. The minimum absolute atomic E-state index is 0.0217. The van der Waals surface area contributed by atoms with Crippen molar-refractivity contribution in [2.45, 2.75) is 44.6 Å².